The molecule has 1 aromatic heterocycles. The summed E-state index contributed by atoms with van der Waals surface area (Å²) >= 11 is 0. The van der Waals surface area contributed by atoms with Gasteiger partial charge in [-0.1, -0.05) is 20.8 Å². The molecule has 5 heteroatoms. The van der Waals surface area contributed by atoms with Gasteiger partial charge < -0.3 is 10.4 Å². The minimum Gasteiger partial charge on any atom is -0.393 e. The molecule has 1 rings (SSSR count). The Hall–Kier alpha value is -1.36. The Morgan fingerprint density at radius 1 is 1.42 bits per heavy atom. The van der Waals surface area contributed by atoms with Crippen molar-refractivity contribution in [3.63, 3.8) is 0 Å². The summed E-state index contributed by atoms with van der Waals surface area (Å²) in [6, 6.07) is 1.80. The molecule has 0 aliphatic heterocycles. The van der Waals surface area contributed by atoms with Gasteiger partial charge in [0.25, 0.3) is 5.91 Å². The number of hydrogen-bond donors (Lipinski definition) is 3. The van der Waals surface area contributed by atoms with Gasteiger partial charge in [0.2, 0.25) is 0 Å². The van der Waals surface area contributed by atoms with Crippen LogP contribution in [0.25, 0.3) is 0 Å². The number of aromatic amines is 1. The summed E-state index contributed by atoms with van der Waals surface area (Å²) in [6.07, 6.45) is 1.23. The van der Waals surface area contributed by atoms with Gasteiger partial charge in [-0.3, -0.25) is 9.89 Å². The summed E-state index contributed by atoms with van der Waals surface area (Å²) in [5.41, 5.74) is 1.41. The Kier molecular flexibility index (Phi) is 6.02. The molecular formula is C14H25N3O2. The second-order valence-corrected chi connectivity index (χ2v) is 5.78. The van der Waals surface area contributed by atoms with Crippen LogP contribution in [0.1, 0.15) is 50.3 Å². The molecule has 0 fully saturated rings. The lowest BCUT2D eigenvalue weighted by Crippen LogP contribution is -2.29. The maximum Gasteiger partial charge on any atom is 0.271 e. The lowest BCUT2D eigenvalue weighted by molar-refractivity contribution is 0.0934. The Balaban J connectivity index is 2.43. The fourth-order valence-electron chi connectivity index (χ4n) is 2.05. The Bertz CT molecular complexity index is 399. The van der Waals surface area contributed by atoms with E-state index >= 15 is 0 Å². The molecule has 108 valence electrons. The number of aliphatic hydroxyl groups excluding tert-OH is 1. The molecule has 0 saturated carbocycles. The fraction of sp³-hybridized carbons (Fsp3) is 0.714. The van der Waals surface area contributed by atoms with Crippen LogP contribution in [0.3, 0.4) is 0 Å². The van der Waals surface area contributed by atoms with Crippen molar-refractivity contribution in [1.29, 1.82) is 0 Å². The highest BCUT2D eigenvalue weighted by molar-refractivity contribution is 5.92. The first-order valence-electron chi connectivity index (χ1n) is 6.89. The van der Waals surface area contributed by atoms with Gasteiger partial charge in [-0.25, -0.2) is 0 Å². The van der Waals surface area contributed by atoms with Gasteiger partial charge in [-0.2, -0.15) is 5.10 Å². The van der Waals surface area contributed by atoms with Crippen LogP contribution in [0.5, 0.6) is 0 Å². The molecule has 5 nitrogen and oxygen atoms in total. The first-order valence-corrected chi connectivity index (χ1v) is 6.89. The second-order valence-electron chi connectivity index (χ2n) is 5.78. The minimum atomic E-state index is -0.338. The number of nitrogens with zero attached hydrogens (tertiary/aromatic N) is 1. The van der Waals surface area contributed by atoms with Crippen LogP contribution in [0.15, 0.2) is 6.07 Å². The number of rotatable bonds is 7. The topological polar surface area (TPSA) is 78.0 Å². The number of nitrogens with one attached hydrogen (secondary N) is 2. The summed E-state index contributed by atoms with van der Waals surface area (Å²) in [7, 11) is 0. The summed E-state index contributed by atoms with van der Waals surface area (Å²) < 4.78 is 0. The van der Waals surface area contributed by atoms with E-state index in [1.165, 1.54) is 0 Å². The molecule has 2 atom stereocenters. The summed E-state index contributed by atoms with van der Waals surface area (Å²) in [5.74, 6) is 0.615. The fourth-order valence-corrected chi connectivity index (χ4v) is 2.05. The van der Waals surface area contributed by atoms with E-state index in [9.17, 15) is 9.90 Å². The van der Waals surface area contributed by atoms with Gasteiger partial charge >= 0.3 is 0 Å². The molecule has 2 unspecified atom stereocenters. The van der Waals surface area contributed by atoms with Crippen molar-refractivity contribution in [3.8, 4) is 0 Å². The molecule has 0 aliphatic carbocycles. The Morgan fingerprint density at radius 2 is 2.11 bits per heavy atom. The number of carbonyl (C=O) groups excluding carboxylic acids is 1. The maximum atomic E-state index is 11.9. The van der Waals surface area contributed by atoms with Crippen molar-refractivity contribution in [2.24, 2.45) is 11.8 Å². The third-order valence-corrected chi connectivity index (χ3v) is 2.85. The van der Waals surface area contributed by atoms with Crippen LogP contribution in [-0.4, -0.2) is 33.9 Å². The lowest BCUT2D eigenvalue weighted by atomic mass is 10.0. The van der Waals surface area contributed by atoms with Crippen LogP contribution in [0, 0.1) is 11.8 Å². The van der Waals surface area contributed by atoms with Gasteiger partial charge in [0.1, 0.15) is 5.69 Å². The van der Waals surface area contributed by atoms with E-state index in [2.05, 4.69) is 29.4 Å². The van der Waals surface area contributed by atoms with Gasteiger partial charge in [0.15, 0.2) is 0 Å². The smallest absolute Gasteiger partial charge is 0.271 e. The van der Waals surface area contributed by atoms with Crippen LogP contribution < -0.4 is 5.32 Å². The molecule has 1 amide bonds. The average molecular weight is 267 g/mol. The van der Waals surface area contributed by atoms with Crippen molar-refractivity contribution < 1.29 is 9.90 Å². The van der Waals surface area contributed by atoms with Crippen LogP contribution in [0.2, 0.25) is 0 Å². The number of aromatic nitrogens is 2. The molecular weight excluding hydrogens is 242 g/mol. The number of H-pyrrole nitrogens is 1. The van der Waals surface area contributed by atoms with Gasteiger partial charge in [-0.15, -0.1) is 0 Å². The highest BCUT2D eigenvalue weighted by Gasteiger charge is 2.13. The lowest BCUT2D eigenvalue weighted by Gasteiger charge is -2.13. The van der Waals surface area contributed by atoms with E-state index in [-0.39, 0.29) is 17.9 Å². The molecule has 0 aliphatic rings. The van der Waals surface area contributed by atoms with Crippen molar-refractivity contribution in [2.75, 3.05) is 6.54 Å². The van der Waals surface area contributed by atoms with Gasteiger partial charge in [0.05, 0.1) is 6.10 Å². The summed E-state index contributed by atoms with van der Waals surface area (Å²) in [6.45, 7) is 8.55. The number of carbonyl (C=O) groups is 1. The van der Waals surface area contributed by atoms with E-state index in [4.69, 9.17) is 0 Å². The van der Waals surface area contributed by atoms with Crippen LogP contribution >= 0.6 is 0 Å². The quantitative estimate of drug-likeness (QED) is 0.704. The number of amides is 1. The highest BCUT2D eigenvalue weighted by atomic mass is 16.3. The summed E-state index contributed by atoms with van der Waals surface area (Å²) in [5, 5.41) is 19.0. The molecule has 1 aromatic rings. The monoisotopic (exact) mass is 267 g/mol. The summed E-state index contributed by atoms with van der Waals surface area (Å²) in [4.78, 5) is 11.9. The zero-order valence-electron chi connectivity index (χ0n) is 12.2. The first-order chi connectivity index (χ1) is 8.88. The van der Waals surface area contributed by atoms with Crippen molar-refractivity contribution in [2.45, 2.75) is 46.6 Å². The highest BCUT2D eigenvalue weighted by Crippen LogP contribution is 2.08. The molecule has 3 N–H and O–H groups in total. The van der Waals surface area contributed by atoms with E-state index in [0.29, 0.717) is 24.6 Å². The minimum absolute atomic E-state index is 0.163. The molecule has 0 radical (unpaired) electrons. The van der Waals surface area contributed by atoms with Crippen LogP contribution in [-0.2, 0) is 6.42 Å². The normalized spacial score (nSPS) is 14.4. The van der Waals surface area contributed by atoms with E-state index in [0.717, 1.165) is 12.1 Å². The largest absolute Gasteiger partial charge is 0.393 e. The van der Waals surface area contributed by atoms with E-state index < -0.39 is 0 Å². The van der Waals surface area contributed by atoms with Crippen molar-refractivity contribution >= 4 is 5.91 Å². The van der Waals surface area contributed by atoms with Gasteiger partial charge in [0, 0.05) is 12.2 Å². The zero-order valence-corrected chi connectivity index (χ0v) is 12.2. The molecule has 0 saturated heterocycles. The van der Waals surface area contributed by atoms with Gasteiger partial charge in [-0.05, 0) is 37.7 Å². The second kappa shape index (κ2) is 7.28. The molecule has 0 aromatic carbocycles. The molecule has 1 heterocycles. The van der Waals surface area contributed by atoms with Crippen molar-refractivity contribution in [3.05, 3.63) is 17.5 Å². The third-order valence-electron chi connectivity index (χ3n) is 2.85. The van der Waals surface area contributed by atoms with Crippen LogP contribution in [0.4, 0.5) is 0 Å². The Morgan fingerprint density at radius 3 is 2.68 bits per heavy atom. The first kappa shape index (κ1) is 15.7. The maximum absolute atomic E-state index is 11.9. The molecule has 19 heavy (non-hydrogen) atoms. The molecule has 0 bridgehead atoms. The van der Waals surface area contributed by atoms with Crippen molar-refractivity contribution in [1.82, 2.24) is 15.5 Å². The predicted octanol–water partition coefficient (Wildman–Crippen LogP) is 1.74. The predicted molar refractivity (Wildman–Crippen MR) is 74.9 cm³/mol. The zero-order chi connectivity index (χ0) is 14.4. The standard InChI is InChI=1S/C14H25N3O2/c1-9(2)5-12-7-13(17-16-12)14(19)15-8-10(3)6-11(4)18/h7,9-11,18H,5-6,8H2,1-4H3,(H,15,19)(H,16,17). The van der Waals surface area contributed by atoms with E-state index in [1.807, 2.05) is 6.92 Å². The SMILES string of the molecule is CC(C)Cc1cc(C(=O)NCC(C)CC(C)O)n[nH]1. The number of hydrogen-bond acceptors (Lipinski definition) is 3. The Labute approximate surface area is 114 Å². The molecule has 0 spiro atoms. The average Bonchev–Trinajstić information content (AvgIpc) is 2.72. The number of aliphatic hydroxyl groups is 1. The third kappa shape index (κ3) is 5.87. The van der Waals surface area contributed by atoms with E-state index in [1.54, 1.807) is 13.0 Å².